The van der Waals surface area contributed by atoms with Crippen LogP contribution in [0.15, 0.2) is 54.6 Å². The minimum absolute atomic E-state index is 0.520. The molecule has 0 amide bonds. The first-order valence-corrected chi connectivity index (χ1v) is 7.42. The van der Waals surface area contributed by atoms with Crippen LogP contribution in [0.5, 0.6) is 5.75 Å². The highest BCUT2D eigenvalue weighted by Gasteiger charge is 2.14. The van der Waals surface area contributed by atoms with Crippen LogP contribution < -0.4 is 10.1 Å². The lowest BCUT2D eigenvalue weighted by atomic mass is 9.98. The van der Waals surface area contributed by atoms with Crippen molar-refractivity contribution < 1.29 is 4.74 Å². The van der Waals surface area contributed by atoms with Gasteiger partial charge >= 0.3 is 0 Å². The summed E-state index contributed by atoms with van der Waals surface area (Å²) in [4.78, 5) is 0. The quantitative estimate of drug-likeness (QED) is 0.901. The Kier molecular flexibility index (Phi) is 4.34. The van der Waals surface area contributed by atoms with E-state index in [1.807, 2.05) is 18.2 Å². The third kappa shape index (κ3) is 3.40. The molecule has 104 valence electrons. The molecule has 1 unspecified atom stereocenters. The number of piperidine rings is 1. The zero-order chi connectivity index (χ0) is 13.6. The van der Waals surface area contributed by atoms with Gasteiger partial charge in [0.2, 0.25) is 0 Å². The molecule has 0 aliphatic carbocycles. The van der Waals surface area contributed by atoms with Crippen LogP contribution in [0.4, 0.5) is 0 Å². The lowest BCUT2D eigenvalue weighted by Crippen LogP contribution is -2.26. The first kappa shape index (κ1) is 13.2. The van der Waals surface area contributed by atoms with Gasteiger partial charge in [-0.25, -0.2) is 0 Å². The van der Waals surface area contributed by atoms with E-state index < -0.39 is 0 Å². The summed E-state index contributed by atoms with van der Waals surface area (Å²) in [6.07, 6.45) is 3.86. The number of hydrogen-bond acceptors (Lipinski definition) is 2. The van der Waals surface area contributed by atoms with Crippen molar-refractivity contribution in [3.05, 3.63) is 65.7 Å². The van der Waals surface area contributed by atoms with Crippen LogP contribution in [0.25, 0.3) is 0 Å². The first-order valence-electron chi connectivity index (χ1n) is 7.42. The zero-order valence-corrected chi connectivity index (χ0v) is 11.7. The molecule has 20 heavy (non-hydrogen) atoms. The van der Waals surface area contributed by atoms with Crippen molar-refractivity contribution in [2.45, 2.75) is 31.9 Å². The van der Waals surface area contributed by atoms with Crippen molar-refractivity contribution in [1.82, 2.24) is 5.32 Å². The van der Waals surface area contributed by atoms with Crippen LogP contribution >= 0.6 is 0 Å². The van der Waals surface area contributed by atoms with Gasteiger partial charge < -0.3 is 10.1 Å². The van der Waals surface area contributed by atoms with E-state index in [4.69, 9.17) is 4.74 Å². The molecule has 1 atom stereocenters. The standard InChI is InChI=1S/C18H21NO/c1-2-6-15(7-3-1)14-20-17-11-9-16(10-12-17)18-8-4-5-13-19-18/h1-3,6-7,9-12,18-19H,4-5,8,13-14H2. The van der Waals surface area contributed by atoms with Gasteiger partial charge in [-0.2, -0.15) is 0 Å². The van der Waals surface area contributed by atoms with Gasteiger partial charge in [-0.15, -0.1) is 0 Å². The lowest BCUT2D eigenvalue weighted by molar-refractivity contribution is 0.306. The van der Waals surface area contributed by atoms with Gasteiger partial charge in [-0.1, -0.05) is 48.9 Å². The van der Waals surface area contributed by atoms with Gasteiger partial charge in [0.25, 0.3) is 0 Å². The molecule has 2 aromatic rings. The van der Waals surface area contributed by atoms with E-state index in [1.165, 1.54) is 30.4 Å². The first-order chi connectivity index (χ1) is 9.92. The minimum Gasteiger partial charge on any atom is -0.489 e. The molecule has 0 saturated carbocycles. The Morgan fingerprint density at radius 2 is 1.75 bits per heavy atom. The zero-order valence-electron chi connectivity index (χ0n) is 11.7. The number of ether oxygens (including phenoxy) is 1. The molecule has 1 aliphatic heterocycles. The maximum Gasteiger partial charge on any atom is 0.119 e. The van der Waals surface area contributed by atoms with E-state index in [1.54, 1.807) is 0 Å². The summed E-state index contributed by atoms with van der Waals surface area (Å²) in [5.41, 5.74) is 2.57. The van der Waals surface area contributed by atoms with E-state index in [0.29, 0.717) is 12.6 Å². The van der Waals surface area contributed by atoms with Crippen LogP contribution in [0.1, 0.15) is 36.4 Å². The van der Waals surface area contributed by atoms with Crippen molar-refractivity contribution in [3.8, 4) is 5.75 Å². The lowest BCUT2D eigenvalue weighted by Gasteiger charge is -2.23. The second kappa shape index (κ2) is 6.58. The molecule has 0 spiro atoms. The number of nitrogens with one attached hydrogen (secondary N) is 1. The summed E-state index contributed by atoms with van der Waals surface area (Å²) in [5.74, 6) is 0.938. The number of rotatable bonds is 4. The van der Waals surface area contributed by atoms with Crippen molar-refractivity contribution in [3.63, 3.8) is 0 Å². The second-order valence-electron chi connectivity index (χ2n) is 5.35. The average molecular weight is 267 g/mol. The number of hydrogen-bond donors (Lipinski definition) is 1. The molecular formula is C18H21NO. The third-order valence-electron chi connectivity index (χ3n) is 3.84. The van der Waals surface area contributed by atoms with E-state index in [-0.39, 0.29) is 0 Å². The third-order valence-corrected chi connectivity index (χ3v) is 3.84. The molecule has 1 aliphatic rings. The van der Waals surface area contributed by atoms with E-state index in [2.05, 4.69) is 41.7 Å². The maximum atomic E-state index is 5.81. The van der Waals surface area contributed by atoms with Gasteiger partial charge in [0.15, 0.2) is 0 Å². The highest BCUT2D eigenvalue weighted by Crippen LogP contribution is 2.24. The normalized spacial score (nSPS) is 18.7. The van der Waals surface area contributed by atoms with Crippen molar-refractivity contribution in [2.75, 3.05) is 6.54 Å². The monoisotopic (exact) mass is 267 g/mol. The Balaban J connectivity index is 1.58. The van der Waals surface area contributed by atoms with Crippen molar-refractivity contribution in [2.24, 2.45) is 0 Å². The largest absolute Gasteiger partial charge is 0.489 e. The van der Waals surface area contributed by atoms with Crippen LogP contribution in [-0.4, -0.2) is 6.54 Å². The summed E-state index contributed by atoms with van der Waals surface area (Å²) in [6, 6.07) is 19.3. The fourth-order valence-electron chi connectivity index (χ4n) is 2.67. The fraction of sp³-hybridized carbons (Fsp3) is 0.333. The Morgan fingerprint density at radius 3 is 2.45 bits per heavy atom. The average Bonchev–Trinajstić information content (AvgIpc) is 2.55. The van der Waals surface area contributed by atoms with E-state index in [0.717, 1.165) is 12.3 Å². The smallest absolute Gasteiger partial charge is 0.119 e. The van der Waals surface area contributed by atoms with Crippen LogP contribution in [-0.2, 0) is 6.61 Å². The summed E-state index contributed by atoms with van der Waals surface area (Å²) in [5, 5.41) is 3.57. The predicted molar refractivity (Wildman–Crippen MR) is 81.8 cm³/mol. The molecule has 2 nitrogen and oxygen atoms in total. The van der Waals surface area contributed by atoms with E-state index >= 15 is 0 Å². The molecule has 1 saturated heterocycles. The van der Waals surface area contributed by atoms with Gasteiger partial charge in [0.1, 0.15) is 12.4 Å². The predicted octanol–water partition coefficient (Wildman–Crippen LogP) is 4.08. The Morgan fingerprint density at radius 1 is 0.950 bits per heavy atom. The van der Waals surface area contributed by atoms with Gasteiger partial charge in [-0.3, -0.25) is 0 Å². The Hall–Kier alpha value is -1.80. The van der Waals surface area contributed by atoms with E-state index in [9.17, 15) is 0 Å². The highest BCUT2D eigenvalue weighted by atomic mass is 16.5. The molecule has 0 radical (unpaired) electrons. The summed E-state index contributed by atoms with van der Waals surface area (Å²) < 4.78 is 5.81. The van der Waals surface area contributed by atoms with Gasteiger partial charge in [-0.05, 0) is 42.6 Å². The summed E-state index contributed by atoms with van der Waals surface area (Å²) in [6.45, 7) is 1.76. The maximum absolute atomic E-state index is 5.81. The molecule has 2 aromatic carbocycles. The van der Waals surface area contributed by atoms with Crippen LogP contribution in [0.3, 0.4) is 0 Å². The number of benzene rings is 2. The van der Waals surface area contributed by atoms with Gasteiger partial charge in [0, 0.05) is 6.04 Å². The molecule has 3 rings (SSSR count). The SMILES string of the molecule is c1ccc(COc2ccc(C3CCCCN3)cc2)cc1. The second-order valence-corrected chi connectivity index (χ2v) is 5.35. The highest BCUT2D eigenvalue weighted by molar-refractivity contribution is 5.29. The van der Waals surface area contributed by atoms with Gasteiger partial charge in [0.05, 0.1) is 0 Å². The minimum atomic E-state index is 0.520. The Bertz CT molecular complexity index is 515. The topological polar surface area (TPSA) is 21.3 Å². The van der Waals surface area contributed by atoms with Crippen LogP contribution in [0, 0.1) is 0 Å². The molecule has 0 bridgehead atoms. The van der Waals surface area contributed by atoms with Crippen LogP contribution in [0.2, 0.25) is 0 Å². The fourth-order valence-corrected chi connectivity index (χ4v) is 2.67. The summed E-state index contributed by atoms with van der Waals surface area (Å²) >= 11 is 0. The molecule has 1 heterocycles. The summed E-state index contributed by atoms with van der Waals surface area (Å²) in [7, 11) is 0. The van der Waals surface area contributed by atoms with Crippen molar-refractivity contribution in [1.29, 1.82) is 0 Å². The molecular weight excluding hydrogens is 246 g/mol. The Labute approximate surface area is 120 Å². The molecule has 1 fully saturated rings. The molecule has 2 heteroatoms. The molecule has 0 aromatic heterocycles. The van der Waals surface area contributed by atoms with Crippen molar-refractivity contribution >= 4 is 0 Å². The molecule has 1 N–H and O–H groups in total.